The molecule has 14 atom stereocenters. The largest absolute Gasteiger partial charge is 0.481 e. The maximum atomic E-state index is 12.3. The fourth-order valence-electron chi connectivity index (χ4n) is 6.00. The summed E-state index contributed by atoms with van der Waals surface area (Å²) >= 11 is 0. The number of hydrogen-bond acceptors (Lipinski definition) is 13. The van der Waals surface area contributed by atoms with Gasteiger partial charge in [-0.05, 0) is 19.9 Å². The first kappa shape index (κ1) is 37.1. The number of carbonyl (C=O) groups excluding carboxylic acids is 1. The van der Waals surface area contributed by atoms with E-state index in [0.717, 1.165) is 0 Å². The second-order valence-electron chi connectivity index (χ2n) is 12.6. The summed E-state index contributed by atoms with van der Waals surface area (Å²) in [5.74, 6) is -5.45. The van der Waals surface area contributed by atoms with Crippen LogP contribution in [0.4, 0.5) is 0 Å². The molecule has 262 valence electrons. The van der Waals surface area contributed by atoms with E-state index < -0.39 is 97.3 Å². The number of carbonyl (C=O) groups is 2. The van der Waals surface area contributed by atoms with Crippen molar-refractivity contribution in [3.05, 3.63) is 60.8 Å². The van der Waals surface area contributed by atoms with Crippen molar-refractivity contribution in [1.29, 1.82) is 0 Å². The number of ether oxygens (including phenoxy) is 5. The Balaban J connectivity index is 1.58. The first-order valence-electron chi connectivity index (χ1n) is 15.9. The zero-order valence-electron chi connectivity index (χ0n) is 26.4. The van der Waals surface area contributed by atoms with Crippen LogP contribution in [0.2, 0.25) is 0 Å². The molecule has 3 fully saturated rings. The van der Waals surface area contributed by atoms with E-state index in [1.54, 1.807) is 56.4 Å². The minimum Gasteiger partial charge on any atom is -0.481 e. The van der Waals surface area contributed by atoms with E-state index in [9.17, 15) is 40.2 Å². The molecule has 0 aromatic rings. The van der Waals surface area contributed by atoms with Crippen molar-refractivity contribution in [2.75, 3.05) is 0 Å². The summed E-state index contributed by atoms with van der Waals surface area (Å²) in [5.41, 5.74) is 5.98. The molecule has 0 aromatic carbocycles. The fraction of sp³-hybridized carbons (Fsp3) is 0.636. The van der Waals surface area contributed by atoms with Crippen molar-refractivity contribution in [1.82, 2.24) is 0 Å². The average Bonchev–Trinajstić information content (AvgIpc) is 3.72. The molecule has 8 N–H and O–H groups in total. The Kier molecular flexibility index (Phi) is 13.1. The van der Waals surface area contributed by atoms with Crippen molar-refractivity contribution in [3.8, 4) is 0 Å². The van der Waals surface area contributed by atoms with Gasteiger partial charge in [-0.25, -0.2) is 4.79 Å². The van der Waals surface area contributed by atoms with Crippen LogP contribution in [0, 0.1) is 5.92 Å². The topological polar surface area (TPSA) is 231 Å². The normalized spacial score (nSPS) is 47.2. The van der Waals surface area contributed by atoms with Gasteiger partial charge in [0.15, 0.2) is 12.1 Å². The molecule has 0 amide bonds. The average molecular weight is 666 g/mol. The first-order chi connectivity index (χ1) is 22.3. The van der Waals surface area contributed by atoms with Gasteiger partial charge < -0.3 is 60.1 Å². The van der Waals surface area contributed by atoms with Gasteiger partial charge in [0.25, 0.3) is 0 Å². The molecule has 0 spiro atoms. The maximum absolute atomic E-state index is 12.3. The molecule has 0 saturated carbocycles. The Morgan fingerprint density at radius 1 is 0.936 bits per heavy atom. The van der Waals surface area contributed by atoms with Gasteiger partial charge in [0, 0.05) is 38.2 Å². The van der Waals surface area contributed by atoms with Crippen LogP contribution in [0.1, 0.15) is 46.0 Å². The highest BCUT2D eigenvalue weighted by Crippen LogP contribution is 2.39. The van der Waals surface area contributed by atoms with Crippen molar-refractivity contribution < 1.29 is 63.9 Å². The van der Waals surface area contributed by atoms with Crippen molar-refractivity contribution in [3.63, 3.8) is 0 Å². The molecule has 0 radical (unpaired) electrons. The molecular formula is C33H47NO13. The Hall–Kier alpha value is -2.76. The van der Waals surface area contributed by atoms with Gasteiger partial charge in [0.2, 0.25) is 0 Å². The van der Waals surface area contributed by atoms with E-state index in [0.29, 0.717) is 6.42 Å². The molecule has 1 unspecified atom stereocenters. The number of cyclic esters (lactones) is 1. The number of aliphatic hydroxyl groups is 5. The van der Waals surface area contributed by atoms with Crippen LogP contribution < -0.4 is 5.73 Å². The van der Waals surface area contributed by atoms with Crippen LogP contribution >= 0.6 is 0 Å². The minimum atomic E-state index is -2.10. The lowest BCUT2D eigenvalue weighted by atomic mass is 9.83. The van der Waals surface area contributed by atoms with Crippen molar-refractivity contribution in [2.24, 2.45) is 11.7 Å². The summed E-state index contributed by atoms with van der Waals surface area (Å²) in [4.78, 5) is 24.4. The highest BCUT2D eigenvalue weighted by Gasteiger charge is 2.51. The summed E-state index contributed by atoms with van der Waals surface area (Å²) in [6.07, 6.45) is 5.25. The third-order valence-electron chi connectivity index (χ3n) is 8.58. The number of aliphatic carboxylic acids is 1. The summed E-state index contributed by atoms with van der Waals surface area (Å²) in [6, 6.07) is -1.08. The molecule has 14 nitrogen and oxygen atoms in total. The predicted molar refractivity (Wildman–Crippen MR) is 165 cm³/mol. The number of hydrogen-bond donors (Lipinski definition) is 7. The summed E-state index contributed by atoms with van der Waals surface area (Å²) < 4.78 is 28.5. The van der Waals surface area contributed by atoms with E-state index in [2.05, 4.69) is 0 Å². The molecule has 3 saturated heterocycles. The van der Waals surface area contributed by atoms with Gasteiger partial charge in [-0.15, -0.1) is 0 Å². The van der Waals surface area contributed by atoms with Gasteiger partial charge in [-0.1, -0.05) is 48.6 Å². The Morgan fingerprint density at radius 3 is 2.36 bits per heavy atom. The van der Waals surface area contributed by atoms with Gasteiger partial charge in [-0.3, -0.25) is 4.79 Å². The molecule has 47 heavy (non-hydrogen) atoms. The number of esters is 1. The highest BCUT2D eigenvalue weighted by molar-refractivity contribution is 5.82. The van der Waals surface area contributed by atoms with Gasteiger partial charge in [0.1, 0.15) is 24.2 Å². The Bertz CT molecular complexity index is 1220. The highest BCUT2D eigenvalue weighted by atomic mass is 16.7. The van der Waals surface area contributed by atoms with Crippen LogP contribution in [0.3, 0.4) is 0 Å². The number of epoxide rings is 1. The second kappa shape index (κ2) is 16.6. The number of rotatable bonds is 3. The Morgan fingerprint density at radius 2 is 1.64 bits per heavy atom. The predicted octanol–water partition coefficient (Wildman–Crippen LogP) is 0.120. The van der Waals surface area contributed by atoms with Crippen molar-refractivity contribution >= 4 is 11.9 Å². The third kappa shape index (κ3) is 10.6. The van der Waals surface area contributed by atoms with E-state index in [1.807, 2.05) is 6.08 Å². The Labute approximate surface area is 273 Å². The molecule has 4 aliphatic rings. The van der Waals surface area contributed by atoms with Crippen LogP contribution in [-0.2, 0) is 33.3 Å². The van der Waals surface area contributed by atoms with Gasteiger partial charge >= 0.3 is 11.9 Å². The molecule has 0 aromatic heterocycles. The molecule has 0 aliphatic carbocycles. The second-order valence-corrected chi connectivity index (χ2v) is 12.6. The molecular weight excluding hydrogens is 618 g/mol. The van der Waals surface area contributed by atoms with E-state index in [4.69, 9.17) is 29.4 Å². The van der Waals surface area contributed by atoms with Gasteiger partial charge in [-0.2, -0.15) is 0 Å². The van der Waals surface area contributed by atoms with Crippen LogP contribution in [-0.4, -0.2) is 122 Å². The molecule has 4 rings (SSSR count). The number of fused-ring (bicyclic) bond motifs is 3. The fourth-order valence-corrected chi connectivity index (χ4v) is 6.00. The standard InChI is InChI=1S/C33H47NO13/c1-18-10-8-6-4-3-5-7-9-11-21(45-32-30(39)28(34)29(38)19(2)44-32)15-25-27(31(40)41)22(36)17-33(42,47-25)16-20(35)14-24-23(46-24)12-13-26(37)43-18/h3-9,11-13,18-25,27-30,32,35-36,38-39,42H,10,14-17,34H2,1-2H3,(H,40,41)/b4-3+,7-5+,8-6+,11-9+,13-12+/t18-,19+,20-,21?,22-,23+,24+,25-,27+,28+,29-,30-,32-,33+/m1/s1. The zero-order valence-corrected chi connectivity index (χ0v) is 26.4. The lowest BCUT2D eigenvalue weighted by Crippen LogP contribution is -2.61. The number of aliphatic hydroxyl groups excluding tert-OH is 4. The number of nitrogens with two attached hydrogens (primary N) is 1. The summed E-state index contributed by atoms with van der Waals surface area (Å²) in [6.45, 7) is 3.34. The molecule has 4 aliphatic heterocycles. The van der Waals surface area contributed by atoms with Crippen LogP contribution in [0.15, 0.2) is 60.8 Å². The van der Waals surface area contributed by atoms with E-state index >= 15 is 0 Å². The third-order valence-corrected chi connectivity index (χ3v) is 8.58. The molecule has 4 heterocycles. The van der Waals surface area contributed by atoms with Crippen molar-refractivity contribution in [2.45, 2.75) is 125 Å². The lowest BCUT2D eigenvalue weighted by Gasteiger charge is -2.45. The summed E-state index contributed by atoms with van der Waals surface area (Å²) in [5, 5.41) is 63.9. The number of carboxylic acids is 1. The van der Waals surface area contributed by atoms with E-state index in [1.165, 1.54) is 12.2 Å². The minimum absolute atomic E-state index is 0.0789. The molecule has 14 heteroatoms. The van der Waals surface area contributed by atoms with E-state index in [-0.39, 0.29) is 25.4 Å². The zero-order chi connectivity index (χ0) is 34.3. The number of allylic oxidation sites excluding steroid dienone is 6. The van der Waals surface area contributed by atoms with Crippen LogP contribution in [0.5, 0.6) is 0 Å². The summed E-state index contributed by atoms with van der Waals surface area (Å²) in [7, 11) is 0. The van der Waals surface area contributed by atoms with Crippen LogP contribution in [0.25, 0.3) is 0 Å². The maximum Gasteiger partial charge on any atom is 0.330 e. The van der Waals surface area contributed by atoms with Gasteiger partial charge in [0.05, 0.1) is 48.8 Å². The quantitative estimate of drug-likeness (QED) is 0.157. The molecule has 2 bridgehead atoms. The smallest absolute Gasteiger partial charge is 0.330 e. The lowest BCUT2D eigenvalue weighted by molar-refractivity contribution is -0.308. The monoisotopic (exact) mass is 665 g/mol. The number of carboxylic acid groups (broad SMARTS) is 1. The first-order valence-corrected chi connectivity index (χ1v) is 15.9. The SMILES string of the molecule is C[C@@H]1C/C=C/C=C/C=C/C=C/C(O[C@H]2O[C@@H](C)[C@@H](O)[C@H](N)[C@H]2O)C[C@H]2O[C@@](O)(C[C@H](O)C[C@@H]3O[C@H]3/C=C/C(=O)O1)C[C@@H](O)[C@@H]2C(=O)O.